The molecule has 1 saturated carbocycles. The summed E-state index contributed by atoms with van der Waals surface area (Å²) in [5, 5.41) is 10.7. The summed E-state index contributed by atoms with van der Waals surface area (Å²) in [5.74, 6) is 3.13. The zero-order valence-corrected chi connectivity index (χ0v) is 21.6. The van der Waals surface area contributed by atoms with Crippen LogP contribution in [0.1, 0.15) is 42.9 Å². The third-order valence-electron chi connectivity index (χ3n) is 7.71. The Labute approximate surface area is 222 Å². The standard InChI is InChI=1S/C31H31N7/c1-20(23-9-6-21-4-2-3-5-24(21)16-23)35-28-17-25(10-11-34-28)30-36-27-19-33-18-26(22-7-8-22)29(27)31(37-30)38-14-12-32-13-15-38/h2-6,9-11,16-20,22,32H,7-8,12-15H2,1H3,(H,34,35). The van der Waals surface area contributed by atoms with E-state index in [2.05, 4.69) is 81.0 Å². The molecule has 1 aliphatic heterocycles. The van der Waals surface area contributed by atoms with Crippen LogP contribution in [0.25, 0.3) is 33.1 Å². The van der Waals surface area contributed by atoms with Gasteiger partial charge in [0.1, 0.15) is 11.6 Å². The Morgan fingerprint density at radius 2 is 1.79 bits per heavy atom. The molecule has 7 nitrogen and oxygen atoms in total. The van der Waals surface area contributed by atoms with Crippen molar-refractivity contribution in [2.75, 3.05) is 36.4 Å². The van der Waals surface area contributed by atoms with E-state index in [-0.39, 0.29) is 6.04 Å². The summed E-state index contributed by atoms with van der Waals surface area (Å²) in [7, 11) is 0. The summed E-state index contributed by atoms with van der Waals surface area (Å²) >= 11 is 0. The number of piperazine rings is 1. The summed E-state index contributed by atoms with van der Waals surface area (Å²) < 4.78 is 0. The fraction of sp³-hybridized carbons (Fsp3) is 0.290. The van der Waals surface area contributed by atoms with Gasteiger partial charge in [-0.1, -0.05) is 36.4 Å². The first-order valence-corrected chi connectivity index (χ1v) is 13.6. The van der Waals surface area contributed by atoms with Gasteiger partial charge in [-0.15, -0.1) is 0 Å². The summed E-state index contributed by atoms with van der Waals surface area (Å²) in [6.45, 7) is 5.95. The maximum atomic E-state index is 5.18. The lowest BCUT2D eigenvalue weighted by atomic mass is 10.0. The number of anilines is 2. The van der Waals surface area contributed by atoms with Gasteiger partial charge in [-0.25, -0.2) is 15.0 Å². The molecule has 7 heteroatoms. The van der Waals surface area contributed by atoms with Crippen LogP contribution in [-0.2, 0) is 0 Å². The topological polar surface area (TPSA) is 78.9 Å². The lowest BCUT2D eigenvalue weighted by Crippen LogP contribution is -2.44. The molecule has 2 fully saturated rings. The fourth-order valence-corrected chi connectivity index (χ4v) is 5.46. The molecular weight excluding hydrogens is 470 g/mol. The number of hydrogen-bond donors (Lipinski definition) is 2. The van der Waals surface area contributed by atoms with E-state index >= 15 is 0 Å². The SMILES string of the molecule is CC(Nc1cc(-c2nc(N3CCNCC3)c3c(C4CC4)cncc3n2)ccn1)c1ccc2ccccc2c1. The van der Waals surface area contributed by atoms with Crippen LogP contribution in [-0.4, -0.2) is 46.1 Å². The van der Waals surface area contributed by atoms with Crippen molar-refractivity contribution in [3.05, 3.63) is 84.3 Å². The van der Waals surface area contributed by atoms with Crippen LogP contribution >= 0.6 is 0 Å². The number of benzene rings is 2. The van der Waals surface area contributed by atoms with Gasteiger partial charge < -0.3 is 15.5 Å². The molecule has 0 spiro atoms. The minimum absolute atomic E-state index is 0.0987. The normalized spacial score (nSPS) is 16.6. The molecule has 5 aromatic rings. The zero-order chi connectivity index (χ0) is 25.5. The van der Waals surface area contributed by atoms with Gasteiger partial charge in [0.2, 0.25) is 0 Å². The van der Waals surface area contributed by atoms with E-state index in [0.717, 1.165) is 48.9 Å². The Morgan fingerprint density at radius 1 is 0.947 bits per heavy atom. The van der Waals surface area contributed by atoms with Gasteiger partial charge >= 0.3 is 0 Å². The molecule has 0 bridgehead atoms. The molecular formula is C31H31N7. The maximum absolute atomic E-state index is 5.18. The van der Waals surface area contributed by atoms with Gasteiger partial charge in [0.25, 0.3) is 0 Å². The van der Waals surface area contributed by atoms with Crippen molar-refractivity contribution in [1.29, 1.82) is 0 Å². The van der Waals surface area contributed by atoms with Gasteiger partial charge in [-0.3, -0.25) is 4.98 Å². The van der Waals surface area contributed by atoms with E-state index in [0.29, 0.717) is 11.7 Å². The van der Waals surface area contributed by atoms with Crippen LogP contribution in [0.5, 0.6) is 0 Å². The number of fused-ring (bicyclic) bond motifs is 2. The molecule has 1 atom stereocenters. The van der Waals surface area contributed by atoms with Crippen LogP contribution < -0.4 is 15.5 Å². The zero-order valence-electron chi connectivity index (χ0n) is 21.6. The lowest BCUT2D eigenvalue weighted by Gasteiger charge is -2.30. The first-order valence-electron chi connectivity index (χ1n) is 13.6. The highest BCUT2D eigenvalue weighted by molar-refractivity contribution is 5.94. The molecule has 2 N–H and O–H groups in total. The van der Waals surface area contributed by atoms with Gasteiger partial charge in [0, 0.05) is 55.6 Å². The van der Waals surface area contributed by atoms with E-state index < -0.39 is 0 Å². The highest BCUT2D eigenvalue weighted by Crippen LogP contribution is 2.44. The third kappa shape index (κ3) is 4.43. The van der Waals surface area contributed by atoms with Crippen molar-refractivity contribution in [3.8, 4) is 11.4 Å². The third-order valence-corrected chi connectivity index (χ3v) is 7.71. The number of nitrogens with zero attached hydrogens (tertiary/aromatic N) is 5. The Morgan fingerprint density at radius 3 is 2.63 bits per heavy atom. The minimum atomic E-state index is 0.0987. The van der Waals surface area contributed by atoms with Gasteiger partial charge in [-0.2, -0.15) is 0 Å². The van der Waals surface area contributed by atoms with Crippen LogP contribution in [0.2, 0.25) is 0 Å². The molecule has 3 aromatic heterocycles. The van der Waals surface area contributed by atoms with Gasteiger partial charge in [0.15, 0.2) is 5.82 Å². The second-order valence-corrected chi connectivity index (χ2v) is 10.4. The maximum Gasteiger partial charge on any atom is 0.162 e. The van der Waals surface area contributed by atoms with Crippen molar-refractivity contribution in [2.24, 2.45) is 0 Å². The average Bonchev–Trinajstić information content (AvgIpc) is 3.82. The predicted octanol–water partition coefficient (Wildman–Crippen LogP) is 5.70. The Hall–Kier alpha value is -4.10. The van der Waals surface area contributed by atoms with Crippen molar-refractivity contribution >= 4 is 33.3 Å². The van der Waals surface area contributed by atoms with Crippen molar-refractivity contribution in [1.82, 2.24) is 25.3 Å². The van der Waals surface area contributed by atoms with Crippen LogP contribution in [0.4, 0.5) is 11.6 Å². The molecule has 1 unspecified atom stereocenters. The van der Waals surface area contributed by atoms with Crippen LogP contribution in [0.15, 0.2) is 73.2 Å². The molecule has 0 radical (unpaired) electrons. The second-order valence-electron chi connectivity index (χ2n) is 10.4. The Bertz CT molecular complexity index is 1620. The molecule has 2 aliphatic rings. The van der Waals surface area contributed by atoms with Crippen molar-refractivity contribution in [3.63, 3.8) is 0 Å². The molecule has 4 heterocycles. The average molecular weight is 502 g/mol. The second kappa shape index (κ2) is 9.65. The number of aromatic nitrogens is 4. The largest absolute Gasteiger partial charge is 0.364 e. The summed E-state index contributed by atoms with van der Waals surface area (Å²) in [5.41, 5.74) is 4.38. The first-order chi connectivity index (χ1) is 18.7. The quantitative estimate of drug-likeness (QED) is 0.309. The van der Waals surface area contributed by atoms with E-state index in [1.165, 1.54) is 40.1 Å². The molecule has 38 heavy (non-hydrogen) atoms. The lowest BCUT2D eigenvalue weighted by molar-refractivity contribution is 0.586. The molecule has 2 aromatic carbocycles. The van der Waals surface area contributed by atoms with E-state index in [1.54, 1.807) is 0 Å². The number of rotatable bonds is 6. The minimum Gasteiger partial charge on any atom is -0.364 e. The first kappa shape index (κ1) is 23.0. The van der Waals surface area contributed by atoms with Crippen LogP contribution in [0.3, 0.4) is 0 Å². The smallest absolute Gasteiger partial charge is 0.162 e. The van der Waals surface area contributed by atoms with E-state index in [1.807, 2.05) is 24.7 Å². The van der Waals surface area contributed by atoms with E-state index in [4.69, 9.17) is 9.97 Å². The van der Waals surface area contributed by atoms with Crippen LogP contribution in [0, 0.1) is 0 Å². The molecule has 1 aliphatic carbocycles. The van der Waals surface area contributed by atoms with Crippen molar-refractivity contribution < 1.29 is 0 Å². The highest BCUT2D eigenvalue weighted by atomic mass is 15.2. The molecule has 7 rings (SSSR count). The number of pyridine rings is 2. The highest BCUT2D eigenvalue weighted by Gasteiger charge is 2.29. The molecule has 190 valence electrons. The summed E-state index contributed by atoms with van der Waals surface area (Å²) in [6.07, 6.45) is 8.19. The Kier molecular flexibility index (Phi) is 5.85. The number of nitrogens with one attached hydrogen (secondary N) is 2. The number of hydrogen-bond acceptors (Lipinski definition) is 7. The fourth-order valence-electron chi connectivity index (χ4n) is 5.46. The van der Waals surface area contributed by atoms with E-state index in [9.17, 15) is 0 Å². The Balaban J connectivity index is 1.24. The summed E-state index contributed by atoms with van der Waals surface area (Å²) in [4.78, 5) is 21.8. The predicted molar refractivity (Wildman–Crippen MR) is 154 cm³/mol. The summed E-state index contributed by atoms with van der Waals surface area (Å²) in [6, 6.07) is 19.2. The molecule has 0 amide bonds. The monoisotopic (exact) mass is 501 g/mol. The van der Waals surface area contributed by atoms with Crippen molar-refractivity contribution in [2.45, 2.75) is 31.7 Å². The molecule has 1 saturated heterocycles. The van der Waals surface area contributed by atoms with Gasteiger partial charge in [-0.05, 0) is 65.8 Å². The van der Waals surface area contributed by atoms with Gasteiger partial charge in [0.05, 0.1) is 11.7 Å².